The molecule has 3 rings (SSSR count). The van der Waals surface area contributed by atoms with Gasteiger partial charge in [-0.2, -0.15) is 0 Å². The molecule has 5 nitrogen and oxygen atoms in total. The molecule has 0 spiro atoms. The molecule has 0 aliphatic rings. The summed E-state index contributed by atoms with van der Waals surface area (Å²) < 4.78 is 5.50. The first-order valence-corrected chi connectivity index (χ1v) is 9.14. The third-order valence-electron chi connectivity index (χ3n) is 4.53. The lowest BCUT2D eigenvalue weighted by Crippen LogP contribution is -2.37. The van der Waals surface area contributed by atoms with Gasteiger partial charge in [-0.3, -0.25) is 9.59 Å². The molecule has 2 N–H and O–H groups in total. The van der Waals surface area contributed by atoms with Crippen LogP contribution in [0.4, 0.5) is 5.69 Å². The molecule has 0 radical (unpaired) electrons. The lowest BCUT2D eigenvalue weighted by atomic mass is 9.95. The summed E-state index contributed by atoms with van der Waals surface area (Å²) in [6, 6.07) is 18.0. The first kappa shape index (κ1) is 18.9. The summed E-state index contributed by atoms with van der Waals surface area (Å²) in [5, 5.41) is 14.0. The third-order valence-corrected chi connectivity index (χ3v) is 4.53. The number of hydrogen-bond acceptors (Lipinski definition) is 5. The Balaban J connectivity index is 1.90. The summed E-state index contributed by atoms with van der Waals surface area (Å²) in [6.45, 7) is 2.40. The summed E-state index contributed by atoms with van der Waals surface area (Å²) in [5.41, 5.74) is 0.435. The Bertz CT molecular complexity index is 930. The van der Waals surface area contributed by atoms with Crippen molar-refractivity contribution in [1.82, 2.24) is 0 Å². The highest BCUT2D eigenvalue weighted by Gasteiger charge is 2.29. The fourth-order valence-electron chi connectivity index (χ4n) is 2.96. The minimum Gasteiger partial charge on any atom is -0.487 e. The Hall–Kier alpha value is -2.92. The molecule has 0 saturated carbocycles. The van der Waals surface area contributed by atoms with Crippen LogP contribution in [0.2, 0.25) is 0 Å². The lowest BCUT2D eigenvalue weighted by Gasteiger charge is -2.27. The molecule has 0 heterocycles. The minimum atomic E-state index is -0.901. The molecule has 140 valence electrons. The van der Waals surface area contributed by atoms with E-state index in [-0.39, 0.29) is 11.4 Å². The van der Waals surface area contributed by atoms with E-state index in [1.165, 1.54) is 0 Å². The van der Waals surface area contributed by atoms with E-state index in [2.05, 4.69) is 5.32 Å². The van der Waals surface area contributed by atoms with Crippen LogP contribution in [0.3, 0.4) is 0 Å². The van der Waals surface area contributed by atoms with E-state index in [1.54, 1.807) is 0 Å². The van der Waals surface area contributed by atoms with E-state index < -0.39 is 23.0 Å². The van der Waals surface area contributed by atoms with Crippen LogP contribution >= 0.6 is 0 Å². The smallest absolute Gasteiger partial charge is 0.272 e. The van der Waals surface area contributed by atoms with Gasteiger partial charge in [0.05, 0.1) is 12.6 Å². The molecule has 0 aliphatic carbocycles. The second-order valence-corrected chi connectivity index (χ2v) is 6.45. The predicted molar refractivity (Wildman–Crippen MR) is 106 cm³/mol. The van der Waals surface area contributed by atoms with Crippen molar-refractivity contribution in [3.05, 3.63) is 92.2 Å². The lowest BCUT2D eigenvalue weighted by molar-refractivity contribution is 0.154. The van der Waals surface area contributed by atoms with Crippen LogP contribution in [-0.2, 0) is 0 Å². The molecular weight excluding hydrogens is 342 g/mol. The van der Waals surface area contributed by atoms with Gasteiger partial charge in [0.1, 0.15) is 11.8 Å². The van der Waals surface area contributed by atoms with Crippen molar-refractivity contribution in [3.63, 3.8) is 0 Å². The number of hydrogen-bond donors (Lipinski definition) is 2. The van der Waals surface area contributed by atoms with Gasteiger partial charge in [0.25, 0.3) is 10.9 Å². The van der Waals surface area contributed by atoms with E-state index in [0.29, 0.717) is 12.2 Å². The van der Waals surface area contributed by atoms with Crippen LogP contribution in [-0.4, -0.2) is 11.7 Å². The van der Waals surface area contributed by atoms with E-state index in [1.807, 2.05) is 67.6 Å². The molecule has 3 aromatic carbocycles. The maximum atomic E-state index is 12.1. The van der Waals surface area contributed by atoms with Crippen LogP contribution in [0.15, 0.2) is 70.3 Å². The molecule has 27 heavy (non-hydrogen) atoms. The molecular formula is C22H23NO4. The zero-order valence-electron chi connectivity index (χ0n) is 15.2. The van der Waals surface area contributed by atoms with Gasteiger partial charge in [0, 0.05) is 0 Å². The van der Waals surface area contributed by atoms with Gasteiger partial charge in [-0.25, -0.2) is 0 Å². The normalized spacial score (nSPS) is 13.3. The van der Waals surface area contributed by atoms with Gasteiger partial charge in [-0.15, -0.1) is 0 Å². The standard InChI is InChI=1S/C22H23NO4/c1-2-3-14-27-22-18(20(25)21(22)26)23-17(15-10-6-4-7-11-15)19(24)16-12-8-5-9-13-16/h4-13,17,19,23-24H,2-3,14H2,1H3/t17-,19+/m0/s1. The van der Waals surface area contributed by atoms with E-state index in [4.69, 9.17) is 4.74 Å². The average molecular weight is 365 g/mol. The van der Waals surface area contributed by atoms with Crippen molar-refractivity contribution >= 4 is 5.69 Å². The van der Waals surface area contributed by atoms with Crippen molar-refractivity contribution in [2.75, 3.05) is 11.9 Å². The van der Waals surface area contributed by atoms with Crippen LogP contribution in [0.1, 0.15) is 43.0 Å². The first-order valence-electron chi connectivity index (χ1n) is 9.14. The van der Waals surface area contributed by atoms with Gasteiger partial charge < -0.3 is 15.2 Å². The van der Waals surface area contributed by atoms with Crippen molar-refractivity contribution < 1.29 is 9.84 Å². The molecule has 0 fully saturated rings. The Morgan fingerprint density at radius 2 is 1.52 bits per heavy atom. The molecule has 0 aliphatic heterocycles. The largest absolute Gasteiger partial charge is 0.487 e. The molecule has 5 heteroatoms. The van der Waals surface area contributed by atoms with Crippen molar-refractivity contribution in [1.29, 1.82) is 0 Å². The summed E-state index contributed by atoms with van der Waals surface area (Å²) in [4.78, 5) is 24.0. The SMILES string of the molecule is CCCCOc1c(N[C@@H](c2ccccc2)[C@H](O)c2ccccc2)c(=O)c1=O. The maximum Gasteiger partial charge on any atom is 0.272 e. The number of ether oxygens (including phenoxy) is 1. The van der Waals surface area contributed by atoms with Crippen LogP contribution in [0.5, 0.6) is 5.75 Å². The molecule has 0 unspecified atom stereocenters. The van der Waals surface area contributed by atoms with E-state index in [9.17, 15) is 14.7 Å². The Labute approximate surface area is 157 Å². The monoisotopic (exact) mass is 365 g/mol. The van der Waals surface area contributed by atoms with Gasteiger partial charge in [-0.05, 0) is 17.5 Å². The Morgan fingerprint density at radius 3 is 2.11 bits per heavy atom. The third kappa shape index (κ3) is 4.09. The summed E-state index contributed by atoms with van der Waals surface area (Å²) >= 11 is 0. The van der Waals surface area contributed by atoms with E-state index in [0.717, 1.165) is 18.4 Å². The number of aliphatic hydroxyl groups is 1. The number of rotatable bonds is 9. The highest BCUT2D eigenvalue weighted by Crippen LogP contribution is 2.33. The van der Waals surface area contributed by atoms with Gasteiger partial charge >= 0.3 is 0 Å². The zero-order valence-corrected chi connectivity index (χ0v) is 15.2. The molecule has 0 bridgehead atoms. The predicted octanol–water partition coefficient (Wildman–Crippen LogP) is 3.35. The van der Waals surface area contributed by atoms with Crippen LogP contribution in [0.25, 0.3) is 0 Å². The fraction of sp³-hybridized carbons (Fsp3) is 0.273. The van der Waals surface area contributed by atoms with Crippen molar-refractivity contribution in [3.8, 4) is 5.75 Å². The number of anilines is 1. The quantitative estimate of drug-likeness (QED) is 0.449. The number of benzene rings is 2. The summed E-state index contributed by atoms with van der Waals surface area (Å²) in [7, 11) is 0. The fourth-order valence-corrected chi connectivity index (χ4v) is 2.96. The van der Waals surface area contributed by atoms with Gasteiger partial charge in [0.15, 0.2) is 5.75 Å². The van der Waals surface area contributed by atoms with Crippen molar-refractivity contribution in [2.45, 2.75) is 31.9 Å². The van der Waals surface area contributed by atoms with E-state index >= 15 is 0 Å². The molecule has 0 saturated heterocycles. The maximum absolute atomic E-state index is 12.1. The molecule has 3 aromatic rings. The zero-order chi connectivity index (χ0) is 19.2. The van der Waals surface area contributed by atoms with Gasteiger partial charge in [-0.1, -0.05) is 74.0 Å². The summed E-state index contributed by atoms with van der Waals surface area (Å²) in [5.74, 6) is 0.0645. The average Bonchev–Trinajstić information content (AvgIpc) is 2.73. The van der Waals surface area contributed by atoms with Crippen LogP contribution < -0.4 is 20.9 Å². The Kier molecular flexibility index (Phi) is 6.04. The first-order chi connectivity index (χ1) is 13.1. The molecule has 2 atom stereocenters. The summed E-state index contributed by atoms with van der Waals surface area (Å²) in [6.07, 6.45) is 0.825. The molecule has 0 aromatic heterocycles. The Morgan fingerprint density at radius 1 is 0.926 bits per heavy atom. The minimum absolute atomic E-state index is 0.0645. The topological polar surface area (TPSA) is 75.6 Å². The van der Waals surface area contributed by atoms with Gasteiger partial charge in [0.2, 0.25) is 0 Å². The highest BCUT2D eigenvalue weighted by molar-refractivity contribution is 5.63. The number of nitrogens with one attached hydrogen (secondary N) is 1. The van der Waals surface area contributed by atoms with Crippen LogP contribution in [0, 0.1) is 0 Å². The van der Waals surface area contributed by atoms with Crippen molar-refractivity contribution in [2.24, 2.45) is 0 Å². The number of aliphatic hydroxyl groups excluding tert-OH is 1. The second kappa shape index (κ2) is 8.64. The molecule has 0 amide bonds. The second-order valence-electron chi connectivity index (χ2n) is 6.45. The number of unbranched alkanes of at least 4 members (excludes halogenated alkanes) is 1. The highest BCUT2D eigenvalue weighted by atomic mass is 16.5.